The molecule has 0 radical (unpaired) electrons. The topological polar surface area (TPSA) is 90.6 Å². The molecule has 1 rings (SSSR count). The van der Waals surface area contributed by atoms with E-state index in [1.807, 2.05) is 30.3 Å². The lowest BCUT2D eigenvalue weighted by atomic mass is 10.1. The second-order valence-corrected chi connectivity index (χ2v) is 5.27. The van der Waals surface area contributed by atoms with Crippen LogP contribution in [0.4, 0.5) is 0 Å². The SMILES string of the molecule is COC(=O)[C@@H](COCc1ccccc1)NC(=O)C(C)(C)N. The average Bonchev–Trinajstić information content (AvgIpc) is 2.45. The lowest BCUT2D eigenvalue weighted by molar-refractivity contribution is -0.147. The number of nitrogens with two attached hydrogens (primary N) is 1. The molecule has 0 bridgehead atoms. The number of nitrogens with one attached hydrogen (secondary N) is 1. The van der Waals surface area contributed by atoms with Crippen molar-refractivity contribution in [3.05, 3.63) is 35.9 Å². The summed E-state index contributed by atoms with van der Waals surface area (Å²) < 4.78 is 10.1. The van der Waals surface area contributed by atoms with Gasteiger partial charge in [-0.05, 0) is 19.4 Å². The summed E-state index contributed by atoms with van der Waals surface area (Å²) in [6.07, 6.45) is 0. The van der Waals surface area contributed by atoms with Crippen molar-refractivity contribution < 1.29 is 19.1 Å². The van der Waals surface area contributed by atoms with Crippen LogP contribution in [0.1, 0.15) is 19.4 Å². The van der Waals surface area contributed by atoms with Crippen molar-refractivity contribution in [3.8, 4) is 0 Å². The van der Waals surface area contributed by atoms with E-state index >= 15 is 0 Å². The van der Waals surface area contributed by atoms with Crippen molar-refractivity contribution in [2.24, 2.45) is 5.73 Å². The van der Waals surface area contributed by atoms with Crippen molar-refractivity contribution in [2.75, 3.05) is 13.7 Å². The number of ether oxygens (including phenoxy) is 2. The molecule has 0 aromatic heterocycles. The molecule has 6 nitrogen and oxygen atoms in total. The van der Waals surface area contributed by atoms with E-state index in [1.165, 1.54) is 7.11 Å². The highest BCUT2D eigenvalue weighted by atomic mass is 16.5. The number of methoxy groups -OCH3 is 1. The summed E-state index contributed by atoms with van der Waals surface area (Å²) in [7, 11) is 1.26. The monoisotopic (exact) mass is 294 g/mol. The molecule has 116 valence electrons. The Morgan fingerprint density at radius 3 is 2.43 bits per heavy atom. The van der Waals surface area contributed by atoms with Gasteiger partial charge in [0, 0.05) is 0 Å². The summed E-state index contributed by atoms with van der Waals surface area (Å²) in [6, 6.07) is 8.65. The zero-order chi connectivity index (χ0) is 15.9. The van der Waals surface area contributed by atoms with E-state index < -0.39 is 23.5 Å². The number of hydrogen-bond donors (Lipinski definition) is 2. The van der Waals surface area contributed by atoms with Gasteiger partial charge >= 0.3 is 5.97 Å². The Morgan fingerprint density at radius 1 is 1.29 bits per heavy atom. The van der Waals surface area contributed by atoms with E-state index in [9.17, 15) is 9.59 Å². The first-order valence-corrected chi connectivity index (χ1v) is 6.64. The fraction of sp³-hybridized carbons (Fsp3) is 0.467. The molecule has 0 saturated heterocycles. The first-order valence-electron chi connectivity index (χ1n) is 6.64. The lowest BCUT2D eigenvalue weighted by Gasteiger charge is -2.22. The number of benzene rings is 1. The zero-order valence-electron chi connectivity index (χ0n) is 12.6. The second kappa shape index (κ2) is 7.75. The summed E-state index contributed by atoms with van der Waals surface area (Å²) in [6.45, 7) is 3.47. The Labute approximate surface area is 124 Å². The largest absolute Gasteiger partial charge is 0.467 e. The fourth-order valence-electron chi connectivity index (χ4n) is 1.52. The third-order valence-corrected chi connectivity index (χ3v) is 2.77. The van der Waals surface area contributed by atoms with Crippen LogP contribution in [0.3, 0.4) is 0 Å². The maximum absolute atomic E-state index is 11.8. The Kier molecular flexibility index (Phi) is 6.33. The van der Waals surface area contributed by atoms with E-state index in [-0.39, 0.29) is 6.61 Å². The van der Waals surface area contributed by atoms with Gasteiger partial charge in [-0.15, -0.1) is 0 Å². The van der Waals surface area contributed by atoms with Gasteiger partial charge in [0.1, 0.15) is 0 Å². The van der Waals surface area contributed by atoms with Gasteiger partial charge in [-0.1, -0.05) is 30.3 Å². The number of rotatable bonds is 7. The van der Waals surface area contributed by atoms with E-state index in [0.717, 1.165) is 5.56 Å². The maximum Gasteiger partial charge on any atom is 0.330 e. The van der Waals surface area contributed by atoms with Gasteiger partial charge in [0.15, 0.2) is 6.04 Å². The molecular weight excluding hydrogens is 272 g/mol. The number of carbonyl (C=O) groups excluding carboxylic acids is 2. The van der Waals surface area contributed by atoms with Gasteiger partial charge < -0.3 is 20.5 Å². The van der Waals surface area contributed by atoms with Crippen LogP contribution in [-0.2, 0) is 25.7 Å². The Balaban J connectivity index is 2.55. The molecule has 0 saturated carbocycles. The molecule has 0 heterocycles. The standard InChI is InChI=1S/C15H22N2O4/c1-15(2,16)14(19)17-12(13(18)20-3)10-21-9-11-7-5-4-6-8-11/h4-8,12H,9-10,16H2,1-3H3,(H,17,19)/t12-/m1/s1. The van der Waals surface area contributed by atoms with Crippen molar-refractivity contribution in [1.29, 1.82) is 0 Å². The summed E-state index contributed by atoms with van der Waals surface area (Å²) in [5, 5.41) is 2.53. The molecule has 0 fully saturated rings. The maximum atomic E-state index is 11.8. The second-order valence-electron chi connectivity index (χ2n) is 5.27. The van der Waals surface area contributed by atoms with Gasteiger partial charge in [-0.2, -0.15) is 0 Å². The molecule has 21 heavy (non-hydrogen) atoms. The molecule has 0 aliphatic rings. The minimum atomic E-state index is -1.08. The van der Waals surface area contributed by atoms with Crippen molar-refractivity contribution in [1.82, 2.24) is 5.32 Å². The number of hydrogen-bond acceptors (Lipinski definition) is 5. The van der Waals surface area contributed by atoms with E-state index in [0.29, 0.717) is 6.61 Å². The van der Waals surface area contributed by atoms with Gasteiger partial charge in [-0.3, -0.25) is 4.79 Å². The van der Waals surface area contributed by atoms with Gasteiger partial charge in [0.2, 0.25) is 5.91 Å². The molecular formula is C15H22N2O4. The summed E-state index contributed by atoms with van der Waals surface area (Å²) in [5.41, 5.74) is 5.58. The third-order valence-electron chi connectivity index (χ3n) is 2.77. The first kappa shape index (κ1) is 17.1. The lowest BCUT2D eigenvalue weighted by Crippen LogP contribution is -2.55. The van der Waals surface area contributed by atoms with Crippen LogP contribution in [0, 0.1) is 0 Å². The molecule has 3 N–H and O–H groups in total. The Bertz CT molecular complexity index is 468. The van der Waals surface area contributed by atoms with Crippen molar-refractivity contribution in [3.63, 3.8) is 0 Å². The molecule has 1 amide bonds. The minimum absolute atomic E-state index is 0.0172. The normalized spacial score (nSPS) is 12.6. The molecule has 1 atom stereocenters. The van der Waals surface area contributed by atoms with Crippen molar-refractivity contribution in [2.45, 2.75) is 32.0 Å². The fourth-order valence-corrected chi connectivity index (χ4v) is 1.52. The molecule has 0 aliphatic carbocycles. The highest BCUT2D eigenvalue weighted by molar-refractivity contribution is 5.89. The van der Waals surface area contributed by atoms with Crippen LogP contribution < -0.4 is 11.1 Å². The van der Waals surface area contributed by atoms with Crippen molar-refractivity contribution >= 4 is 11.9 Å². The van der Waals surface area contributed by atoms with Crippen LogP contribution in [0.2, 0.25) is 0 Å². The van der Waals surface area contributed by atoms with Gasteiger partial charge in [0.05, 0.1) is 25.9 Å². The molecule has 0 spiro atoms. The summed E-state index contributed by atoms with van der Waals surface area (Å²) in [4.78, 5) is 23.5. The average molecular weight is 294 g/mol. The highest BCUT2D eigenvalue weighted by Crippen LogP contribution is 2.03. The van der Waals surface area contributed by atoms with Crippen LogP contribution in [0.15, 0.2) is 30.3 Å². The van der Waals surface area contributed by atoms with E-state index in [2.05, 4.69) is 10.1 Å². The molecule has 6 heteroatoms. The predicted octanol–water partition coefficient (Wildman–Crippen LogP) is 0.598. The Morgan fingerprint density at radius 2 is 1.90 bits per heavy atom. The van der Waals surface area contributed by atoms with Crippen LogP contribution in [-0.4, -0.2) is 37.2 Å². The Hall–Kier alpha value is -1.92. The smallest absolute Gasteiger partial charge is 0.330 e. The zero-order valence-corrected chi connectivity index (χ0v) is 12.6. The molecule has 0 aliphatic heterocycles. The number of carbonyl (C=O) groups is 2. The molecule has 1 aromatic carbocycles. The highest BCUT2D eigenvalue weighted by Gasteiger charge is 2.28. The molecule has 1 aromatic rings. The van der Waals surface area contributed by atoms with E-state index in [1.54, 1.807) is 13.8 Å². The molecule has 0 unspecified atom stereocenters. The van der Waals surface area contributed by atoms with E-state index in [4.69, 9.17) is 10.5 Å². The minimum Gasteiger partial charge on any atom is -0.467 e. The van der Waals surface area contributed by atoms with Crippen LogP contribution >= 0.6 is 0 Å². The van der Waals surface area contributed by atoms with Gasteiger partial charge in [0.25, 0.3) is 0 Å². The van der Waals surface area contributed by atoms with Crippen LogP contribution in [0.25, 0.3) is 0 Å². The summed E-state index contributed by atoms with van der Waals surface area (Å²) in [5.74, 6) is -1.01. The number of esters is 1. The third kappa shape index (κ3) is 5.93. The van der Waals surface area contributed by atoms with Crippen LogP contribution in [0.5, 0.6) is 0 Å². The first-order chi connectivity index (χ1) is 9.84. The summed E-state index contributed by atoms with van der Waals surface area (Å²) >= 11 is 0. The number of amides is 1. The predicted molar refractivity (Wildman–Crippen MR) is 78.3 cm³/mol. The quantitative estimate of drug-likeness (QED) is 0.719. The van der Waals surface area contributed by atoms with Gasteiger partial charge in [-0.25, -0.2) is 4.79 Å².